The van der Waals surface area contributed by atoms with Crippen molar-refractivity contribution in [1.82, 2.24) is 4.98 Å². The maximum absolute atomic E-state index is 11.9. The summed E-state index contributed by atoms with van der Waals surface area (Å²) >= 11 is 0. The van der Waals surface area contributed by atoms with Crippen LogP contribution in [0.5, 0.6) is 0 Å². The van der Waals surface area contributed by atoms with Crippen LogP contribution in [0.3, 0.4) is 0 Å². The molecule has 0 bridgehead atoms. The van der Waals surface area contributed by atoms with Gasteiger partial charge in [0.05, 0.1) is 0 Å². The van der Waals surface area contributed by atoms with Crippen molar-refractivity contribution in [2.75, 3.05) is 0 Å². The molecule has 0 atom stereocenters. The number of rotatable bonds is 3. The third kappa shape index (κ3) is 2.65. The Hall–Kier alpha value is -1.18. The van der Waals surface area contributed by atoms with E-state index >= 15 is 0 Å². The quantitative estimate of drug-likeness (QED) is 0.706. The minimum absolute atomic E-state index is 0.214. The van der Waals surface area contributed by atoms with Gasteiger partial charge in [-0.15, -0.1) is 0 Å². The van der Waals surface area contributed by atoms with Gasteiger partial charge in [-0.1, -0.05) is 25.7 Å². The Bertz CT molecular complexity index is 353. The van der Waals surface area contributed by atoms with Gasteiger partial charge in [0.1, 0.15) is 5.69 Å². The third-order valence-corrected chi connectivity index (χ3v) is 3.15. The molecule has 0 spiro atoms. The predicted octanol–water partition coefficient (Wildman–Crippen LogP) is 3.15. The van der Waals surface area contributed by atoms with Gasteiger partial charge in [0, 0.05) is 12.6 Å². The van der Waals surface area contributed by atoms with Gasteiger partial charge in [-0.3, -0.25) is 9.78 Å². The lowest BCUT2D eigenvalue weighted by Gasteiger charge is -2.07. The highest BCUT2D eigenvalue weighted by Gasteiger charge is 2.19. The molecule has 1 heterocycles. The second-order valence-corrected chi connectivity index (χ2v) is 4.50. The van der Waals surface area contributed by atoms with Gasteiger partial charge in [0.15, 0.2) is 5.78 Å². The van der Waals surface area contributed by atoms with Crippen LogP contribution >= 0.6 is 0 Å². The van der Waals surface area contributed by atoms with E-state index in [2.05, 4.69) is 4.98 Å². The second-order valence-electron chi connectivity index (χ2n) is 4.50. The van der Waals surface area contributed by atoms with Crippen LogP contribution in [0.2, 0.25) is 0 Å². The van der Waals surface area contributed by atoms with Crippen molar-refractivity contribution in [3.05, 3.63) is 29.6 Å². The van der Waals surface area contributed by atoms with Crippen molar-refractivity contribution in [1.29, 1.82) is 0 Å². The van der Waals surface area contributed by atoms with Gasteiger partial charge in [-0.2, -0.15) is 0 Å². The van der Waals surface area contributed by atoms with Crippen LogP contribution < -0.4 is 0 Å². The first-order valence-corrected chi connectivity index (χ1v) is 5.71. The summed E-state index contributed by atoms with van der Waals surface area (Å²) < 4.78 is 0. The number of aryl methyl sites for hydroxylation is 1. The molecule has 2 rings (SSSR count). The number of nitrogens with zero attached hydrogens (tertiary/aromatic N) is 1. The summed E-state index contributed by atoms with van der Waals surface area (Å²) in [4.78, 5) is 16.0. The highest BCUT2D eigenvalue weighted by molar-refractivity contribution is 5.94. The molecule has 2 nitrogen and oxygen atoms in total. The van der Waals surface area contributed by atoms with Crippen LogP contribution in [-0.2, 0) is 0 Å². The van der Waals surface area contributed by atoms with Gasteiger partial charge >= 0.3 is 0 Å². The lowest BCUT2D eigenvalue weighted by molar-refractivity contribution is 0.0957. The molecule has 1 aliphatic carbocycles. The fraction of sp³-hybridized carbons (Fsp3) is 0.538. The molecule has 1 fully saturated rings. The maximum Gasteiger partial charge on any atom is 0.181 e. The molecule has 15 heavy (non-hydrogen) atoms. The van der Waals surface area contributed by atoms with Crippen molar-refractivity contribution < 1.29 is 4.79 Å². The van der Waals surface area contributed by atoms with Crippen LogP contribution in [0, 0.1) is 12.8 Å². The molecule has 0 saturated heterocycles. The number of carbonyl (C=O) groups excluding carboxylic acids is 1. The fourth-order valence-electron chi connectivity index (χ4n) is 2.27. The van der Waals surface area contributed by atoms with Crippen molar-refractivity contribution >= 4 is 5.78 Å². The largest absolute Gasteiger partial charge is 0.292 e. The Kier molecular flexibility index (Phi) is 3.14. The van der Waals surface area contributed by atoms with Crippen LogP contribution in [0.4, 0.5) is 0 Å². The van der Waals surface area contributed by atoms with Crippen LogP contribution in [0.25, 0.3) is 0 Å². The molecule has 0 aliphatic heterocycles. The lowest BCUT2D eigenvalue weighted by Crippen LogP contribution is -2.07. The highest BCUT2D eigenvalue weighted by Crippen LogP contribution is 2.28. The number of ketones is 1. The van der Waals surface area contributed by atoms with Crippen molar-refractivity contribution in [2.24, 2.45) is 5.92 Å². The average molecular weight is 203 g/mol. The number of Topliss-reactive ketones (excluding diaryl/α,β-unsaturated/α-hetero) is 1. The molecule has 1 saturated carbocycles. The molecule has 1 aromatic heterocycles. The number of carbonyl (C=O) groups is 1. The van der Waals surface area contributed by atoms with E-state index in [9.17, 15) is 4.79 Å². The molecule has 80 valence electrons. The molecule has 0 amide bonds. The van der Waals surface area contributed by atoms with E-state index in [4.69, 9.17) is 0 Å². The summed E-state index contributed by atoms with van der Waals surface area (Å²) in [5.74, 6) is 0.824. The van der Waals surface area contributed by atoms with Crippen LogP contribution in [-0.4, -0.2) is 10.8 Å². The summed E-state index contributed by atoms with van der Waals surface area (Å²) in [6.45, 7) is 1.99. The molecule has 1 aromatic rings. The standard InChI is InChI=1S/C13H17NO/c1-10-6-7-14-12(8-10)13(15)9-11-4-2-3-5-11/h6-8,11H,2-5,9H2,1H3. The first-order chi connectivity index (χ1) is 7.25. The van der Waals surface area contributed by atoms with Crippen LogP contribution in [0.15, 0.2) is 18.3 Å². The summed E-state index contributed by atoms with van der Waals surface area (Å²) in [5.41, 5.74) is 1.75. The van der Waals surface area contributed by atoms with Crippen molar-refractivity contribution in [3.8, 4) is 0 Å². The number of hydrogen-bond acceptors (Lipinski definition) is 2. The summed E-state index contributed by atoms with van der Waals surface area (Å²) in [7, 11) is 0. The molecular weight excluding hydrogens is 186 g/mol. The van der Waals surface area contributed by atoms with Crippen molar-refractivity contribution in [3.63, 3.8) is 0 Å². The molecule has 0 radical (unpaired) electrons. The summed E-state index contributed by atoms with van der Waals surface area (Å²) in [6.07, 6.45) is 7.43. The highest BCUT2D eigenvalue weighted by atomic mass is 16.1. The zero-order valence-corrected chi connectivity index (χ0v) is 9.20. The van der Waals surface area contributed by atoms with E-state index in [0.717, 1.165) is 5.56 Å². The van der Waals surface area contributed by atoms with Gasteiger partial charge < -0.3 is 0 Å². The average Bonchev–Trinajstić information content (AvgIpc) is 2.70. The Labute approximate surface area is 90.7 Å². The van der Waals surface area contributed by atoms with Gasteiger partial charge in [0.2, 0.25) is 0 Å². The summed E-state index contributed by atoms with van der Waals surface area (Å²) in [5, 5.41) is 0. The van der Waals surface area contributed by atoms with Gasteiger partial charge in [0.25, 0.3) is 0 Å². The lowest BCUT2D eigenvalue weighted by atomic mass is 9.99. The number of aromatic nitrogens is 1. The Morgan fingerprint density at radius 2 is 2.20 bits per heavy atom. The Morgan fingerprint density at radius 3 is 2.87 bits per heavy atom. The topological polar surface area (TPSA) is 30.0 Å². The van der Waals surface area contributed by atoms with Gasteiger partial charge in [-0.05, 0) is 30.5 Å². The normalized spacial score (nSPS) is 16.9. The zero-order chi connectivity index (χ0) is 10.7. The van der Waals surface area contributed by atoms with E-state index in [-0.39, 0.29) is 5.78 Å². The molecule has 0 aromatic carbocycles. The minimum Gasteiger partial charge on any atom is -0.292 e. The fourth-order valence-corrected chi connectivity index (χ4v) is 2.27. The van der Waals surface area contributed by atoms with E-state index in [1.54, 1.807) is 6.20 Å². The third-order valence-electron chi connectivity index (χ3n) is 3.15. The monoisotopic (exact) mass is 203 g/mol. The molecule has 2 heteroatoms. The molecular formula is C13H17NO. The second kappa shape index (κ2) is 4.56. The molecule has 0 N–H and O–H groups in total. The SMILES string of the molecule is Cc1ccnc(C(=O)CC2CCCC2)c1. The minimum atomic E-state index is 0.214. The smallest absolute Gasteiger partial charge is 0.181 e. The molecule has 1 aliphatic rings. The predicted molar refractivity (Wildman–Crippen MR) is 59.9 cm³/mol. The van der Waals surface area contributed by atoms with E-state index in [0.29, 0.717) is 18.0 Å². The van der Waals surface area contributed by atoms with E-state index in [1.807, 2.05) is 19.1 Å². The molecule has 0 unspecified atom stereocenters. The van der Waals surface area contributed by atoms with Crippen molar-refractivity contribution in [2.45, 2.75) is 39.0 Å². The Morgan fingerprint density at radius 1 is 1.47 bits per heavy atom. The van der Waals surface area contributed by atoms with E-state index < -0.39 is 0 Å². The first-order valence-electron chi connectivity index (χ1n) is 5.71. The number of hydrogen-bond donors (Lipinski definition) is 0. The summed E-state index contributed by atoms with van der Waals surface area (Å²) in [6, 6.07) is 3.81. The van der Waals surface area contributed by atoms with Gasteiger partial charge in [-0.25, -0.2) is 0 Å². The number of pyridine rings is 1. The zero-order valence-electron chi connectivity index (χ0n) is 9.20. The first kappa shape index (κ1) is 10.3. The Balaban J connectivity index is 2.01. The van der Waals surface area contributed by atoms with E-state index in [1.165, 1.54) is 25.7 Å². The maximum atomic E-state index is 11.9. The van der Waals surface area contributed by atoms with Crippen LogP contribution in [0.1, 0.15) is 48.2 Å².